The number of esters is 1. The van der Waals surface area contributed by atoms with Crippen molar-refractivity contribution in [3.8, 4) is 5.75 Å². The zero-order valence-electron chi connectivity index (χ0n) is 16.0. The Morgan fingerprint density at radius 1 is 1.11 bits per heavy atom. The van der Waals surface area contributed by atoms with Gasteiger partial charge in [-0.15, -0.1) is 0 Å². The monoisotopic (exact) mass is 377 g/mol. The number of fused-ring (bicyclic) bond motifs is 1. The van der Waals surface area contributed by atoms with Gasteiger partial charge in [-0.25, -0.2) is 4.79 Å². The summed E-state index contributed by atoms with van der Waals surface area (Å²) in [4.78, 5) is 24.6. The van der Waals surface area contributed by atoms with E-state index in [9.17, 15) is 9.59 Å². The van der Waals surface area contributed by atoms with E-state index in [4.69, 9.17) is 9.47 Å². The molecule has 144 valence electrons. The number of hydrogen-bond acceptors (Lipinski definition) is 4. The van der Waals surface area contributed by atoms with Crippen molar-refractivity contribution in [1.29, 1.82) is 0 Å². The lowest BCUT2D eigenvalue weighted by atomic mass is 10.1. The summed E-state index contributed by atoms with van der Waals surface area (Å²) in [7, 11) is 0. The molecule has 1 amide bonds. The van der Waals surface area contributed by atoms with Crippen LogP contribution in [0.4, 0.5) is 5.69 Å². The molecule has 28 heavy (non-hydrogen) atoms. The number of benzene rings is 2. The summed E-state index contributed by atoms with van der Waals surface area (Å²) in [5.41, 5.74) is 3.47. The standard InChI is InChI=1S/C23H23NO4/c1-3-4-12-28-23(26)17-6-8-20(9-7-17)24-22(25)18-11-13-27-21-10-5-16(2)14-19(21)15-18/h5-11,13-15H,3-4,12H2,1-2H3,(H,24,25). The van der Waals surface area contributed by atoms with Gasteiger partial charge < -0.3 is 14.8 Å². The number of nitrogens with one attached hydrogen (secondary N) is 1. The van der Waals surface area contributed by atoms with Gasteiger partial charge in [0.1, 0.15) is 5.75 Å². The number of carbonyl (C=O) groups is 2. The topological polar surface area (TPSA) is 64.6 Å². The predicted octanol–water partition coefficient (Wildman–Crippen LogP) is 4.88. The summed E-state index contributed by atoms with van der Waals surface area (Å²) in [6, 6.07) is 12.5. The van der Waals surface area contributed by atoms with Gasteiger partial charge in [0.15, 0.2) is 0 Å². The molecule has 1 heterocycles. The molecule has 2 aromatic carbocycles. The molecular weight excluding hydrogens is 354 g/mol. The van der Waals surface area contributed by atoms with Crippen LogP contribution in [0.1, 0.15) is 41.3 Å². The third kappa shape index (κ3) is 4.88. The van der Waals surface area contributed by atoms with Crippen LogP contribution in [-0.2, 0) is 9.53 Å². The first-order valence-corrected chi connectivity index (χ1v) is 9.31. The molecule has 0 saturated carbocycles. The van der Waals surface area contributed by atoms with Crippen molar-refractivity contribution in [1.82, 2.24) is 0 Å². The summed E-state index contributed by atoms with van der Waals surface area (Å²) in [5, 5.41) is 2.84. The zero-order valence-corrected chi connectivity index (χ0v) is 16.0. The quantitative estimate of drug-likeness (QED) is 0.576. The van der Waals surface area contributed by atoms with E-state index in [1.165, 1.54) is 6.26 Å². The van der Waals surface area contributed by atoms with Gasteiger partial charge in [0.25, 0.3) is 5.91 Å². The molecule has 0 unspecified atom stereocenters. The summed E-state index contributed by atoms with van der Waals surface area (Å²) in [5.74, 6) is 0.0907. The Morgan fingerprint density at radius 3 is 2.64 bits per heavy atom. The lowest BCUT2D eigenvalue weighted by Gasteiger charge is -2.08. The zero-order chi connectivity index (χ0) is 19.9. The lowest BCUT2D eigenvalue weighted by molar-refractivity contribution is -0.112. The molecule has 0 radical (unpaired) electrons. The Kier molecular flexibility index (Phi) is 6.27. The first-order valence-electron chi connectivity index (χ1n) is 9.31. The van der Waals surface area contributed by atoms with Crippen LogP contribution in [0.15, 0.2) is 60.4 Å². The second-order valence-corrected chi connectivity index (χ2v) is 6.58. The highest BCUT2D eigenvalue weighted by molar-refractivity contribution is 6.09. The molecule has 5 heteroatoms. The van der Waals surface area contributed by atoms with Gasteiger partial charge in [-0.1, -0.05) is 25.0 Å². The fraction of sp³-hybridized carbons (Fsp3) is 0.217. The van der Waals surface area contributed by atoms with E-state index in [1.807, 2.05) is 32.0 Å². The highest BCUT2D eigenvalue weighted by Gasteiger charge is 2.13. The van der Waals surface area contributed by atoms with Crippen LogP contribution in [0, 0.1) is 6.92 Å². The average molecular weight is 377 g/mol. The number of unbranched alkanes of at least 4 members (excludes halogenated alkanes) is 1. The Morgan fingerprint density at radius 2 is 1.89 bits per heavy atom. The van der Waals surface area contributed by atoms with E-state index in [1.54, 1.807) is 36.4 Å². The highest BCUT2D eigenvalue weighted by Crippen LogP contribution is 2.26. The van der Waals surface area contributed by atoms with Gasteiger partial charge in [0, 0.05) is 16.8 Å². The fourth-order valence-corrected chi connectivity index (χ4v) is 2.71. The van der Waals surface area contributed by atoms with Crippen LogP contribution in [0.25, 0.3) is 6.08 Å². The molecule has 0 spiro atoms. The maximum atomic E-state index is 12.6. The van der Waals surface area contributed by atoms with Crippen molar-refractivity contribution in [2.45, 2.75) is 26.7 Å². The minimum atomic E-state index is -0.357. The molecule has 2 aromatic rings. The molecule has 0 aromatic heterocycles. The molecule has 0 atom stereocenters. The Labute approximate surface area is 164 Å². The number of anilines is 1. The molecule has 0 fully saturated rings. The van der Waals surface area contributed by atoms with Gasteiger partial charge in [-0.05, 0) is 61.9 Å². The number of aryl methyl sites for hydroxylation is 1. The summed E-state index contributed by atoms with van der Waals surface area (Å²) in [6.07, 6.45) is 6.74. The molecule has 0 saturated heterocycles. The average Bonchev–Trinajstić information content (AvgIpc) is 2.90. The van der Waals surface area contributed by atoms with E-state index in [0.717, 1.165) is 24.0 Å². The molecular formula is C23H23NO4. The van der Waals surface area contributed by atoms with Gasteiger partial charge in [0.2, 0.25) is 0 Å². The number of hydrogen-bond donors (Lipinski definition) is 1. The molecule has 1 aliphatic heterocycles. The second kappa shape index (κ2) is 9.04. The van der Waals surface area contributed by atoms with Crippen LogP contribution in [0.3, 0.4) is 0 Å². The third-order valence-electron chi connectivity index (χ3n) is 4.29. The van der Waals surface area contributed by atoms with Crippen LogP contribution in [0.5, 0.6) is 5.75 Å². The van der Waals surface area contributed by atoms with E-state index in [-0.39, 0.29) is 11.9 Å². The normalized spacial score (nSPS) is 12.3. The van der Waals surface area contributed by atoms with Crippen molar-refractivity contribution in [2.75, 3.05) is 11.9 Å². The van der Waals surface area contributed by atoms with E-state index < -0.39 is 0 Å². The predicted molar refractivity (Wildman–Crippen MR) is 109 cm³/mol. The second-order valence-electron chi connectivity index (χ2n) is 6.58. The molecule has 0 aliphatic carbocycles. The molecule has 1 aliphatic rings. The van der Waals surface area contributed by atoms with Crippen LogP contribution >= 0.6 is 0 Å². The number of ether oxygens (including phenoxy) is 2. The van der Waals surface area contributed by atoms with E-state index >= 15 is 0 Å². The molecule has 1 N–H and O–H groups in total. The van der Waals surface area contributed by atoms with Crippen LogP contribution < -0.4 is 10.1 Å². The maximum absolute atomic E-state index is 12.6. The lowest BCUT2D eigenvalue weighted by Crippen LogP contribution is -2.13. The summed E-state index contributed by atoms with van der Waals surface area (Å²) >= 11 is 0. The minimum absolute atomic E-state index is 0.257. The Balaban J connectivity index is 1.68. The first kappa shape index (κ1) is 19.4. The number of rotatable bonds is 6. The van der Waals surface area contributed by atoms with Gasteiger partial charge in [0.05, 0.1) is 18.4 Å². The van der Waals surface area contributed by atoms with Crippen molar-refractivity contribution in [2.24, 2.45) is 0 Å². The number of carbonyl (C=O) groups excluding carboxylic acids is 2. The third-order valence-corrected chi connectivity index (χ3v) is 4.29. The largest absolute Gasteiger partial charge is 0.464 e. The van der Waals surface area contributed by atoms with Crippen molar-refractivity contribution >= 4 is 23.6 Å². The summed E-state index contributed by atoms with van der Waals surface area (Å²) in [6.45, 7) is 4.44. The first-order chi connectivity index (χ1) is 13.6. The molecule has 3 rings (SSSR count). The maximum Gasteiger partial charge on any atom is 0.338 e. The van der Waals surface area contributed by atoms with Crippen LogP contribution in [-0.4, -0.2) is 18.5 Å². The Hall–Kier alpha value is -3.34. The van der Waals surface area contributed by atoms with Crippen LogP contribution in [0.2, 0.25) is 0 Å². The van der Waals surface area contributed by atoms with Crippen molar-refractivity contribution in [3.05, 3.63) is 77.1 Å². The smallest absolute Gasteiger partial charge is 0.338 e. The Bertz CT molecular complexity index is 926. The van der Waals surface area contributed by atoms with E-state index in [0.29, 0.717) is 29.2 Å². The summed E-state index contributed by atoms with van der Waals surface area (Å²) < 4.78 is 10.7. The molecule has 5 nitrogen and oxygen atoms in total. The van der Waals surface area contributed by atoms with Gasteiger partial charge >= 0.3 is 5.97 Å². The van der Waals surface area contributed by atoms with Gasteiger partial charge in [-0.3, -0.25) is 4.79 Å². The van der Waals surface area contributed by atoms with Crippen molar-refractivity contribution < 1.29 is 19.1 Å². The minimum Gasteiger partial charge on any atom is -0.464 e. The molecule has 0 bridgehead atoms. The van der Waals surface area contributed by atoms with Crippen molar-refractivity contribution in [3.63, 3.8) is 0 Å². The highest BCUT2D eigenvalue weighted by atomic mass is 16.5. The van der Waals surface area contributed by atoms with Gasteiger partial charge in [-0.2, -0.15) is 0 Å². The number of amides is 1. The van der Waals surface area contributed by atoms with E-state index in [2.05, 4.69) is 5.32 Å². The SMILES string of the molecule is CCCCOC(=O)c1ccc(NC(=O)C2=Cc3cc(C)ccc3OC=C2)cc1. The fourth-order valence-electron chi connectivity index (χ4n) is 2.71.